The quantitative estimate of drug-likeness (QED) is 0.549. The van der Waals surface area contributed by atoms with E-state index in [1.807, 2.05) is 12.1 Å². The number of nitrogens with zero attached hydrogens (tertiary/aromatic N) is 2. The molecule has 0 saturated carbocycles. The van der Waals surface area contributed by atoms with Crippen molar-refractivity contribution >= 4 is 12.6 Å². The van der Waals surface area contributed by atoms with Crippen LogP contribution >= 0.6 is 7.26 Å². The molecule has 0 aliphatic heterocycles. The minimum atomic E-state index is -0.979. The van der Waals surface area contributed by atoms with Gasteiger partial charge in [-0.1, -0.05) is 6.07 Å². The van der Waals surface area contributed by atoms with E-state index in [9.17, 15) is 0 Å². The van der Waals surface area contributed by atoms with Crippen molar-refractivity contribution in [3.63, 3.8) is 0 Å². The first-order chi connectivity index (χ1) is 7.57. The van der Waals surface area contributed by atoms with Crippen molar-refractivity contribution in [3.8, 4) is 11.3 Å². The SMILES string of the molecule is C[P+](C)(C)c1cc[c-]c(-c2ccncn2)c1.[Ir]. The van der Waals surface area contributed by atoms with Gasteiger partial charge in [-0.3, -0.25) is 4.98 Å². The summed E-state index contributed by atoms with van der Waals surface area (Å²) in [5.41, 5.74) is 1.99. The molecule has 17 heavy (non-hydrogen) atoms. The maximum atomic E-state index is 4.24. The summed E-state index contributed by atoms with van der Waals surface area (Å²) in [7, 11) is -0.979. The van der Waals surface area contributed by atoms with Gasteiger partial charge in [0, 0.05) is 38.9 Å². The van der Waals surface area contributed by atoms with Gasteiger partial charge in [-0.05, 0) is 5.69 Å². The Hall–Kier alpha value is -0.621. The van der Waals surface area contributed by atoms with Gasteiger partial charge in [0.05, 0.1) is 20.0 Å². The summed E-state index contributed by atoms with van der Waals surface area (Å²) in [6, 6.07) is 11.5. The van der Waals surface area contributed by atoms with E-state index in [2.05, 4.69) is 48.2 Å². The molecule has 2 nitrogen and oxygen atoms in total. The van der Waals surface area contributed by atoms with E-state index in [1.165, 1.54) is 5.30 Å². The molecule has 0 fully saturated rings. The number of benzene rings is 1. The second-order valence-electron chi connectivity index (χ2n) is 4.57. The van der Waals surface area contributed by atoms with Crippen molar-refractivity contribution in [2.45, 2.75) is 0 Å². The van der Waals surface area contributed by atoms with E-state index in [-0.39, 0.29) is 20.1 Å². The van der Waals surface area contributed by atoms with Crippen molar-refractivity contribution in [2.24, 2.45) is 0 Å². The van der Waals surface area contributed by atoms with Gasteiger partial charge in [0.15, 0.2) is 0 Å². The van der Waals surface area contributed by atoms with Gasteiger partial charge in [0.25, 0.3) is 0 Å². The fraction of sp³-hybridized carbons (Fsp3) is 0.231. The molecule has 2 rings (SSSR count). The number of hydrogen-bond acceptors (Lipinski definition) is 2. The van der Waals surface area contributed by atoms with E-state index >= 15 is 0 Å². The predicted octanol–water partition coefficient (Wildman–Crippen LogP) is 2.47. The maximum absolute atomic E-state index is 4.24. The molecular formula is C13H15IrN2P. The average molecular weight is 422 g/mol. The second-order valence-corrected chi connectivity index (χ2v) is 9.11. The van der Waals surface area contributed by atoms with Crippen LogP contribution in [0.15, 0.2) is 36.8 Å². The first kappa shape index (κ1) is 14.4. The molecule has 0 aliphatic carbocycles. The molecule has 1 aromatic heterocycles. The molecule has 4 heteroatoms. The summed E-state index contributed by atoms with van der Waals surface area (Å²) in [5, 5.41) is 1.40. The van der Waals surface area contributed by atoms with Crippen LogP contribution in [0.5, 0.6) is 0 Å². The van der Waals surface area contributed by atoms with Gasteiger partial charge in [0.1, 0.15) is 6.33 Å². The molecule has 0 amide bonds. The third kappa shape index (κ3) is 3.67. The fourth-order valence-corrected chi connectivity index (χ4v) is 2.51. The molecule has 0 N–H and O–H groups in total. The molecule has 91 valence electrons. The van der Waals surface area contributed by atoms with Crippen LogP contribution in [-0.4, -0.2) is 30.0 Å². The van der Waals surface area contributed by atoms with Crippen LogP contribution in [0.25, 0.3) is 11.3 Å². The molecular weight excluding hydrogens is 407 g/mol. The van der Waals surface area contributed by atoms with Crippen LogP contribution in [0.3, 0.4) is 0 Å². The van der Waals surface area contributed by atoms with Crippen LogP contribution in [0.4, 0.5) is 0 Å². The van der Waals surface area contributed by atoms with Crippen LogP contribution < -0.4 is 5.30 Å². The molecule has 0 bridgehead atoms. The van der Waals surface area contributed by atoms with Gasteiger partial charge in [-0.25, -0.2) is 4.98 Å². The van der Waals surface area contributed by atoms with Crippen LogP contribution in [-0.2, 0) is 20.1 Å². The third-order valence-electron chi connectivity index (χ3n) is 2.42. The van der Waals surface area contributed by atoms with E-state index < -0.39 is 7.26 Å². The largest absolute Gasteiger partial charge is 0.286 e. The fourth-order valence-electron chi connectivity index (χ4n) is 1.47. The zero-order valence-electron chi connectivity index (χ0n) is 10.1. The normalized spacial score (nSPS) is 10.8. The van der Waals surface area contributed by atoms with Gasteiger partial charge in [-0.2, -0.15) is 0 Å². The standard InChI is InChI=1S/C13H15N2P.Ir/c1-16(2,3)12-6-4-5-11(9-12)13-7-8-14-10-15-13;/h4,6-10H,1-3H3;. The monoisotopic (exact) mass is 423 g/mol. The third-order valence-corrected chi connectivity index (χ3v) is 4.25. The smallest absolute Gasteiger partial charge is 0.105 e. The molecule has 0 unspecified atom stereocenters. The Bertz CT molecular complexity index is 480. The van der Waals surface area contributed by atoms with Crippen molar-refractivity contribution in [1.82, 2.24) is 9.97 Å². The van der Waals surface area contributed by atoms with Crippen LogP contribution in [0.1, 0.15) is 0 Å². The Kier molecular flexibility index (Phi) is 4.94. The van der Waals surface area contributed by atoms with Gasteiger partial charge >= 0.3 is 0 Å². The Morgan fingerprint density at radius 3 is 2.53 bits per heavy atom. The second kappa shape index (κ2) is 5.82. The minimum absolute atomic E-state index is 0. The minimum Gasteiger partial charge on any atom is -0.286 e. The predicted molar refractivity (Wildman–Crippen MR) is 70.6 cm³/mol. The molecule has 1 heterocycles. The zero-order chi connectivity index (χ0) is 11.6. The summed E-state index contributed by atoms with van der Waals surface area (Å²) < 4.78 is 0. The van der Waals surface area contributed by atoms with Gasteiger partial charge < -0.3 is 0 Å². The number of hydrogen-bond donors (Lipinski definition) is 0. The van der Waals surface area contributed by atoms with Gasteiger partial charge in [-0.15, -0.1) is 29.8 Å². The Balaban J connectivity index is 0.00000144. The van der Waals surface area contributed by atoms with Crippen LogP contribution in [0.2, 0.25) is 0 Å². The maximum Gasteiger partial charge on any atom is 0.105 e. The molecule has 0 saturated heterocycles. The number of aromatic nitrogens is 2. The zero-order valence-corrected chi connectivity index (χ0v) is 13.4. The molecule has 2 aromatic rings. The number of rotatable bonds is 2. The molecule has 0 atom stereocenters. The van der Waals surface area contributed by atoms with E-state index in [0.29, 0.717) is 0 Å². The Morgan fingerprint density at radius 1 is 1.18 bits per heavy atom. The summed E-state index contributed by atoms with van der Waals surface area (Å²) >= 11 is 0. The van der Waals surface area contributed by atoms with Crippen LogP contribution in [0, 0.1) is 6.07 Å². The summed E-state index contributed by atoms with van der Waals surface area (Å²) in [4.78, 5) is 8.17. The average Bonchev–Trinajstić information content (AvgIpc) is 2.29. The van der Waals surface area contributed by atoms with Crippen molar-refractivity contribution in [1.29, 1.82) is 0 Å². The topological polar surface area (TPSA) is 25.8 Å². The first-order valence-electron chi connectivity index (χ1n) is 5.17. The molecule has 1 aromatic carbocycles. The van der Waals surface area contributed by atoms with Crippen molar-refractivity contribution in [2.75, 3.05) is 20.0 Å². The van der Waals surface area contributed by atoms with E-state index in [1.54, 1.807) is 12.5 Å². The summed E-state index contributed by atoms with van der Waals surface area (Å²) in [6.07, 6.45) is 3.33. The van der Waals surface area contributed by atoms with E-state index in [0.717, 1.165) is 11.3 Å². The van der Waals surface area contributed by atoms with Crippen molar-refractivity contribution in [3.05, 3.63) is 42.9 Å². The summed E-state index contributed by atoms with van der Waals surface area (Å²) in [6.45, 7) is 6.93. The van der Waals surface area contributed by atoms with E-state index in [4.69, 9.17) is 0 Å². The molecule has 1 radical (unpaired) electrons. The molecule has 0 spiro atoms. The Morgan fingerprint density at radius 2 is 1.94 bits per heavy atom. The molecule has 0 aliphatic rings. The summed E-state index contributed by atoms with van der Waals surface area (Å²) in [5.74, 6) is 0. The van der Waals surface area contributed by atoms with Crippen molar-refractivity contribution < 1.29 is 20.1 Å². The van der Waals surface area contributed by atoms with Gasteiger partial charge in [0.2, 0.25) is 0 Å². The first-order valence-corrected chi connectivity index (χ1v) is 8.30. The Labute approximate surface area is 117 Å².